The summed E-state index contributed by atoms with van der Waals surface area (Å²) in [5.41, 5.74) is 0.902. The second-order valence-corrected chi connectivity index (χ2v) is 6.83. The third-order valence-corrected chi connectivity index (χ3v) is 4.58. The first-order chi connectivity index (χ1) is 9.86. The van der Waals surface area contributed by atoms with Crippen molar-refractivity contribution in [1.29, 1.82) is 0 Å². The van der Waals surface area contributed by atoms with Gasteiger partial charge in [0.25, 0.3) is 0 Å². The van der Waals surface area contributed by atoms with E-state index in [4.69, 9.17) is 0 Å². The van der Waals surface area contributed by atoms with Crippen LogP contribution in [-0.4, -0.2) is 21.9 Å². The number of nitrogens with zero attached hydrogens (tertiary/aromatic N) is 2. The summed E-state index contributed by atoms with van der Waals surface area (Å²) in [6.45, 7) is 8.68. The number of urea groups is 1. The normalized spacial score (nSPS) is 25.9. The molecule has 1 fully saturated rings. The van der Waals surface area contributed by atoms with Crippen molar-refractivity contribution in [3.63, 3.8) is 0 Å². The van der Waals surface area contributed by atoms with Gasteiger partial charge in [-0.25, -0.2) is 4.79 Å². The number of rotatable bonds is 3. The molecular formula is C16H28N4O. The molecule has 1 aliphatic carbocycles. The zero-order valence-electron chi connectivity index (χ0n) is 13.8. The van der Waals surface area contributed by atoms with Crippen molar-refractivity contribution in [1.82, 2.24) is 15.1 Å². The van der Waals surface area contributed by atoms with Gasteiger partial charge in [0.1, 0.15) is 5.82 Å². The molecule has 1 saturated carbocycles. The maximum Gasteiger partial charge on any atom is 0.320 e. The molecule has 5 heteroatoms. The molecule has 0 radical (unpaired) electrons. The number of carbonyl (C=O) groups excluding carboxylic acids is 1. The minimum absolute atomic E-state index is 0.122. The van der Waals surface area contributed by atoms with E-state index < -0.39 is 0 Å². The lowest BCUT2D eigenvalue weighted by Crippen LogP contribution is -2.47. The van der Waals surface area contributed by atoms with E-state index in [-0.39, 0.29) is 12.1 Å². The highest BCUT2D eigenvalue weighted by Crippen LogP contribution is 2.33. The van der Waals surface area contributed by atoms with Gasteiger partial charge >= 0.3 is 6.03 Å². The van der Waals surface area contributed by atoms with Crippen LogP contribution in [-0.2, 0) is 7.05 Å². The third kappa shape index (κ3) is 3.99. The molecular weight excluding hydrogens is 264 g/mol. The Morgan fingerprint density at radius 3 is 2.71 bits per heavy atom. The molecule has 2 rings (SSSR count). The zero-order valence-corrected chi connectivity index (χ0v) is 13.8. The number of nitrogens with one attached hydrogen (secondary N) is 2. The minimum atomic E-state index is -0.122. The monoisotopic (exact) mass is 292 g/mol. The van der Waals surface area contributed by atoms with E-state index in [9.17, 15) is 4.79 Å². The molecule has 2 N–H and O–H groups in total. The Labute approximate surface area is 127 Å². The standard InChI is InChI=1S/C16H28N4O/c1-10(2)13-7-6-11(3)8-14(13)17-16(21)18-15-9-12(4)19-20(15)5/h9-11,13-14H,6-8H2,1-5H3,(H2,17,18,21). The Bertz CT molecular complexity index is 494. The molecule has 21 heavy (non-hydrogen) atoms. The fourth-order valence-electron chi connectivity index (χ4n) is 3.42. The Kier molecular flexibility index (Phi) is 4.91. The Morgan fingerprint density at radius 2 is 2.14 bits per heavy atom. The van der Waals surface area contributed by atoms with Crippen LogP contribution in [0.5, 0.6) is 0 Å². The summed E-state index contributed by atoms with van der Waals surface area (Å²) in [4.78, 5) is 12.3. The molecule has 1 aliphatic rings. The molecule has 0 aromatic carbocycles. The number of aryl methyl sites for hydroxylation is 2. The van der Waals surface area contributed by atoms with Crippen molar-refractivity contribution < 1.29 is 4.79 Å². The Balaban J connectivity index is 1.98. The van der Waals surface area contributed by atoms with Gasteiger partial charge in [-0.1, -0.05) is 27.2 Å². The van der Waals surface area contributed by atoms with Crippen molar-refractivity contribution >= 4 is 11.8 Å². The van der Waals surface area contributed by atoms with Crippen LogP contribution in [0.15, 0.2) is 6.07 Å². The first-order valence-corrected chi connectivity index (χ1v) is 7.95. The predicted molar refractivity (Wildman–Crippen MR) is 85.2 cm³/mol. The van der Waals surface area contributed by atoms with E-state index in [2.05, 4.69) is 36.5 Å². The highest BCUT2D eigenvalue weighted by Gasteiger charge is 2.31. The Hall–Kier alpha value is -1.52. The van der Waals surface area contributed by atoms with Crippen LogP contribution in [0.4, 0.5) is 10.6 Å². The number of carbonyl (C=O) groups is 1. The highest BCUT2D eigenvalue weighted by molar-refractivity contribution is 5.88. The molecule has 0 aliphatic heterocycles. The van der Waals surface area contributed by atoms with Gasteiger partial charge in [0.05, 0.1) is 5.69 Å². The van der Waals surface area contributed by atoms with Crippen molar-refractivity contribution in [2.75, 3.05) is 5.32 Å². The van der Waals surface area contributed by atoms with Gasteiger partial charge in [0, 0.05) is 19.2 Å². The molecule has 1 aromatic rings. The van der Waals surface area contributed by atoms with Gasteiger partial charge in [0.2, 0.25) is 0 Å². The molecule has 3 unspecified atom stereocenters. The van der Waals surface area contributed by atoms with E-state index in [1.165, 1.54) is 12.8 Å². The van der Waals surface area contributed by atoms with Crippen LogP contribution >= 0.6 is 0 Å². The fourth-order valence-corrected chi connectivity index (χ4v) is 3.42. The summed E-state index contributed by atoms with van der Waals surface area (Å²) in [6, 6.07) is 2.02. The average Bonchev–Trinajstić information content (AvgIpc) is 2.67. The van der Waals surface area contributed by atoms with Crippen LogP contribution in [0.25, 0.3) is 0 Å². The van der Waals surface area contributed by atoms with Crippen molar-refractivity contribution in [2.24, 2.45) is 24.8 Å². The molecule has 118 valence electrons. The first kappa shape index (κ1) is 15.9. The average molecular weight is 292 g/mol. The fraction of sp³-hybridized carbons (Fsp3) is 0.750. The van der Waals surface area contributed by atoms with Crippen LogP contribution in [0.3, 0.4) is 0 Å². The van der Waals surface area contributed by atoms with Crippen LogP contribution in [0.2, 0.25) is 0 Å². The largest absolute Gasteiger partial charge is 0.335 e. The second kappa shape index (κ2) is 6.50. The summed E-state index contributed by atoms with van der Waals surface area (Å²) in [5, 5.41) is 10.3. The number of hydrogen-bond donors (Lipinski definition) is 2. The molecule has 2 amide bonds. The van der Waals surface area contributed by atoms with Crippen molar-refractivity contribution in [2.45, 2.75) is 53.0 Å². The summed E-state index contributed by atoms with van der Waals surface area (Å²) >= 11 is 0. The number of aromatic nitrogens is 2. The minimum Gasteiger partial charge on any atom is -0.335 e. The van der Waals surface area contributed by atoms with E-state index >= 15 is 0 Å². The van der Waals surface area contributed by atoms with Gasteiger partial charge in [-0.15, -0.1) is 0 Å². The molecule has 0 saturated heterocycles. The van der Waals surface area contributed by atoms with Gasteiger partial charge in [-0.3, -0.25) is 10.00 Å². The van der Waals surface area contributed by atoms with Crippen LogP contribution in [0.1, 0.15) is 45.7 Å². The lowest BCUT2D eigenvalue weighted by atomic mass is 9.74. The number of hydrogen-bond acceptors (Lipinski definition) is 2. The second-order valence-electron chi connectivity index (χ2n) is 6.83. The van der Waals surface area contributed by atoms with Gasteiger partial charge < -0.3 is 5.32 Å². The first-order valence-electron chi connectivity index (χ1n) is 7.95. The SMILES string of the molecule is Cc1cc(NC(=O)NC2CC(C)CCC2C(C)C)n(C)n1. The van der Waals surface area contributed by atoms with E-state index in [0.29, 0.717) is 17.8 Å². The van der Waals surface area contributed by atoms with E-state index in [0.717, 1.165) is 17.9 Å². The van der Waals surface area contributed by atoms with Gasteiger partial charge in [0.15, 0.2) is 0 Å². The molecule has 5 nitrogen and oxygen atoms in total. The smallest absolute Gasteiger partial charge is 0.320 e. The number of anilines is 1. The number of amides is 2. The zero-order chi connectivity index (χ0) is 15.6. The summed E-state index contributed by atoms with van der Waals surface area (Å²) in [5.74, 6) is 2.58. The third-order valence-electron chi connectivity index (χ3n) is 4.58. The lowest BCUT2D eigenvalue weighted by molar-refractivity contribution is 0.172. The summed E-state index contributed by atoms with van der Waals surface area (Å²) < 4.78 is 1.69. The van der Waals surface area contributed by atoms with Crippen LogP contribution < -0.4 is 10.6 Å². The maximum absolute atomic E-state index is 12.3. The summed E-state index contributed by atoms with van der Waals surface area (Å²) in [6.07, 6.45) is 3.54. The highest BCUT2D eigenvalue weighted by atomic mass is 16.2. The lowest BCUT2D eigenvalue weighted by Gasteiger charge is -2.37. The van der Waals surface area contributed by atoms with Gasteiger partial charge in [-0.2, -0.15) is 5.10 Å². The van der Waals surface area contributed by atoms with Gasteiger partial charge in [-0.05, 0) is 37.5 Å². The quantitative estimate of drug-likeness (QED) is 0.898. The molecule has 0 bridgehead atoms. The predicted octanol–water partition coefficient (Wildman–Crippen LogP) is 3.31. The van der Waals surface area contributed by atoms with Crippen LogP contribution in [0, 0.1) is 24.7 Å². The van der Waals surface area contributed by atoms with E-state index in [1.54, 1.807) is 4.68 Å². The maximum atomic E-state index is 12.3. The molecule has 1 aromatic heterocycles. The topological polar surface area (TPSA) is 59.0 Å². The van der Waals surface area contributed by atoms with Crippen molar-refractivity contribution in [3.8, 4) is 0 Å². The van der Waals surface area contributed by atoms with Crippen molar-refractivity contribution in [3.05, 3.63) is 11.8 Å². The Morgan fingerprint density at radius 1 is 1.43 bits per heavy atom. The molecule has 1 heterocycles. The molecule has 0 spiro atoms. The van der Waals surface area contributed by atoms with E-state index in [1.807, 2.05) is 20.0 Å². The summed E-state index contributed by atoms with van der Waals surface area (Å²) in [7, 11) is 1.84. The molecule has 3 atom stereocenters.